The number of ether oxygens (including phenoxy) is 2. The maximum atomic E-state index is 15.3. The van der Waals surface area contributed by atoms with Crippen LogP contribution in [0.3, 0.4) is 0 Å². The van der Waals surface area contributed by atoms with E-state index in [1.165, 1.54) is 11.8 Å². The predicted octanol–water partition coefficient (Wildman–Crippen LogP) is 3.28. The molecule has 2 aromatic carbocycles. The number of anilines is 4. The third-order valence-corrected chi connectivity index (χ3v) is 7.23. The van der Waals surface area contributed by atoms with Crippen LogP contribution in [-0.4, -0.2) is 85.5 Å². The number of pyridine rings is 1. The minimum absolute atomic E-state index is 0.289. The summed E-state index contributed by atoms with van der Waals surface area (Å²) in [5.41, 5.74) is 9.47. The molecule has 0 saturated carbocycles. The molecule has 6 rings (SSSR count). The molecule has 2 aliphatic rings. The highest BCUT2D eigenvalue weighted by molar-refractivity contribution is 5.97. The van der Waals surface area contributed by atoms with E-state index in [4.69, 9.17) is 15.2 Å². The Bertz CT molecular complexity index is 1460. The number of halogens is 1. The number of nitrogens with one attached hydrogen (secondary N) is 2. The third-order valence-electron chi connectivity index (χ3n) is 7.23. The molecule has 0 unspecified atom stereocenters. The molecule has 11 heteroatoms. The summed E-state index contributed by atoms with van der Waals surface area (Å²) in [6.45, 7) is 8.38. The summed E-state index contributed by atoms with van der Waals surface area (Å²) < 4.78 is 26.5. The number of morpholine rings is 1. The van der Waals surface area contributed by atoms with Crippen LogP contribution in [0.2, 0.25) is 0 Å². The number of rotatable bonds is 8. The van der Waals surface area contributed by atoms with Crippen LogP contribution in [0.25, 0.3) is 22.2 Å². The second-order valence-corrected chi connectivity index (χ2v) is 9.84. The Labute approximate surface area is 232 Å². The summed E-state index contributed by atoms with van der Waals surface area (Å²) >= 11 is 0. The van der Waals surface area contributed by atoms with E-state index in [-0.39, 0.29) is 5.82 Å². The molecule has 208 valence electrons. The summed E-state index contributed by atoms with van der Waals surface area (Å²) in [4.78, 5) is 18.2. The monoisotopic (exact) mass is 544 g/mol. The molecule has 40 heavy (non-hydrogen) atoms. The SMILES string of the molecule is Nc1nc(Nc2ccc(N3CCNCC3)cc2)nc2c(-c3ccc(OCCN4CCOCC4)cc3F)nccc12. The number of hydrogen-bond acceptors (Lipinski definition) is 10. The van der Waals surface area contributed by atoms with E-state index in [2.05, 4.69) is 47.5 Å². The van der Waals surface area contributed by atoms with Crippen LogP contribution < -0.4 is 26.0 Å². The molecule has 0 radical (unpaired) electrons. The van der Waals surface area contributed by atoms with Gasteiger partial charge >= 0.3 is 0 Å². The molecule has 2 aliphatic heterocycles. The fourth-order valence-corrected chi connectivity index (χ4v) is 5.03. The second kappa shape index (κ2) is 12.0. The van der Waals surface area contributed by atoms with E-state index in [9.17, 15) is 0 Å². The van der Waals surface area contributed by atoms with E-state index >= 15 is 4.39 Å². The van der Waals surface area contributed by atoms with E-state index in [0.717, 1.165) is 64.7 Å². The van der Waals surface area contributed by atoms with Crippen LogP contribution in [0.1, 0.15) is 0 Å². The van der Waals surface area contributed by atoms with Gasteiger partial charge in [-0.3, -0.25) is 9.88 Å². The molecule has 4 N–H and O–H groups in total. The maximum Gasteiger partial charge on any atom is 0.229 e. The number of aromatic nitrogens is 3. The highest BCUT2D eigenvalue weighted by atomic mass is 19.1. The summed E-state index contributed by atoms with van der Waals surface area (Å²) in [6.07, 6.45) is 1.59. The average molecular weight is 545 g/mol. The van der Waals surface area contributed by atoms with Gasteiger partial charge in [0, 0.05) is 80.4 Å². The Balaban J connectivity index is 1.20. The van der Waals surface area contributed by atoms with Crippen molar-refractivity contribution in [2.45, 2.75) is 0 Å². The maximum absolute atomic E-state index is 15.3. The smallest absolute Gasteiger partial charge is 0.229 e. The average Bonchev–Trinajstić information content (AvgIpc) is 2.99. The van der Waals surface area contributed by atoms with Gasteiger partial charge in [-0.2, -0.15) is 4.98 Å². The minimum Gasteiger partial charge on any atom is -0.492 e. The van der Waals surface area contributed by atoms with E-state index in [0.29, 0.717) is 40.5 Å². The van der Waals surface area contributed by atoms with Crippen LogP contribution in [-0.2, 0) is 4.74 Å². The lowest BCUT2D eigenvalue weighted by molar-refractivity contribution is 0.0322. The number of fused-ring (bicyclic) bond motifs is 1. The van der Waals surface area contributed by atoms with Crippen molar-refractivity contribution in [3.05, 3.63) is 60.5 Å². The molecule has 0 spiro atoms. The van der Waals surface area contributed by atoms with E-state index in [1.807, 2.05) is 12.1 Å². The zero-order chi connectivity index (χ0) is 27.3. The van der Waals surface area contributed by atoms with Crippen molar-refractivity contribution < 1.29 is 13.9 Å². The van der Waals surface area contributed by atoms with Crippen LogP contribution in [0.15, 0.2) is 54.7 Å². The summed E-state index contributed by atoms with van der Waals surface area (Å²) in [5, 5.41) is 7.21. The Kier molecular flexibility index (Phi) is 7.85. The Morgan fingerprint density at radius 3 is 2.58 bits per heavy atom. The minimum atomic E-state index is -0.445. The first-order valence-corrected chi connectivity index (χ1v) is 13.6. The fourth-order valence-electron chi connectivity index (χ4n) is 5.03. The van der Waals surface area contributed by atoms with Gasteiger partial charge in [-0.1, -0.05) is 0 Å². The molecule has 4 aromatic rings. The van der Waals surface area contributed by atoms with E-state index in [1.54, 1.807) is 24.4 Å². The molecule has 0 bridgehead atoms. The molecule has 2 fully saturated rings. The highest BCUT2D eigenvalue weighted by Crippen LogP contribution is 2.32. The van der Waals surface area contributed by atoms with E-state index < -0.39 is 5.82 Å². The molecule has 2 saturated heterocycles. The first kappa shape index (κ1) is 26.2. The molecule has 2 aromatic heterocycles. The third kappa shape index (κ3) is 5.91. The summed E-state index contributed by atoms with van der Waals surface area (Å²) in [6, 6.07) is 14.7. The van der Waals surface area contributed by atoms with Crippen molar-refractivity contribution >= 4 is 34.0 Å². The number of nitrogen functional groups attached to an aromatic ring is 1. The van der Waals surface area contributed by atoms with Crippen molar-refractivity contribution in [2.75, 3.05) is 81.6 Å². The summed E-state index contributed by atoms with van der Waals surface area (Å²) in [5.74, 6) is 0.629. The zero-order valence-electron chi connectivity index (χ0n) is 22.3. The molecule has 0 aliphatic carbocycles. The van der Waals surface area contributed by atoms with Gasteiger partial charge in [0.05, 0.1) is 18.9 Å². The molecule has 0 atom stereocenters. The first-order valence-electron chi connectivity index (χ1n) is 13.6. The largest absolute Gasteiger partial charge is 0.492 e. The van der Waals surface area contributed by atoms with Crippen molar-refractivity contribution in [3.8, 4) is 17.0 Å². The Hall–Kier alpha value is -4.06. The lowest BCUT2D eigenvalue weighted by Crippen LogP contribution is -2.43. The van der Waals surface area contributed by atoms with Crippen molar-refractivity contribution in [1.29, 1.82) is 0 Å². The lowest BCUT2D eigenvalue weighted by Gasteiger charge is -2.29. The van der Waals surface area contributed by atoms with Gasteiger partial charge in [0.2, 0.25) is 5.95 Å². The molecule has 4 heterocycles. The number of nitrogens with zero attached hydrogens (tertiary/aromatic N) is 5. The summed E-state index contributed by atoms with van der Waals surface area (Å²) in [7, 11) is 0. The number of benzene rings is 2. The zero-order valence-corrected chi connectivity index (χ0v) is 22.3. The van der Waals surface area contributed by atoms with Crippen molar-refractivity contribution in [2.24, 2.45) is 0 Å². The Morgan fingerprint density at radius 1 is 1.00 bits per heavy atom. The van der Waals surface area contributed by atoms with Crippen LogP contribution in [0.4, 0.5) is 27.5 Å². The van der Waals surface area contributed by atoms with Crippen LogP contribution in [0, 0.1) is 5.82 Å². The normalized spacial score (nSPS) is 16.3. The van der Waals surface area contributed by atoms with Crippen LogP contribution >= 0.6 is 0 Å². The molecule has 10 nitrogen and oxygen atoms in total. The lowest BCUT2D eigenvalue weighted by atomic mass is 10.1. The van der Waals surface area contributed by atoms with Gasteiger partial charge in [0.25, 0.3) is 0 Å². The van der Waals surface area contributed by atoms with Gasteiger partial charge in [-0.25, -0.2) is 9.37 Å². The predicted molar refractivity (Wildman–Crippen MR) is 155 cm³/mol. The van der Waals surface area contributed by atoms with Crippen molar-refractivity contribution in [1.82, 2.24) is 25.2 Å². The number of hydrogen-bond donors (Lipinski definition) is 3. The molecular weight excluding hydrogens is 511 g/mol. The van der Waals surface area contributed by atoms with Gasteiger partial charge in [0.15, 0.2) is 0 Å². The second-order valence-electron chi connectivity index (χ2n) is 9.84. The molecule has 0 amide bonds. The number of nitrogens with two attached hydrogens (primary N) is 1. The highest BCUT2D eigenvalue weighted by Gasteiger charge is 2.17. The fraction of sp³-hybridized carbons (Fsp3) is 0.345. The van der Waals surface area contributed by atoms with Crippen molar-refractivity contribution in [3.63, 3.8) is 0 Å². The van der Waals surface area contributed by atoms with Gasteiger partial charge < -0.3 is 30.7 Å². The topological polar surface area (TPSA) is 114 Å². The van der Waals surface area contributed by atoms with Crippen LogP contribution in [0.5, 0.6) is 5.75 Å². The Morgan fingerprint density at radius 2 is 1.80 bits per heavy atom. The van der Waals surface area contributed by atoms with Gasteiger partial charge in [0.1, 0.15) is 29.5 Å². The van der Waals surface area contributed by atoms with Gasteiger partial charge in [-0.15, -0.1) is 0 Å². The van der Waals surface area contributed by atoms with Gasteiger partial charge in [-0.05, 0) is 42.5 Å². The first-order chi connectivity index (χ1) is 19.6. The number of piperazine rings is 1. The molecular formula is C29H33FN8O2. The quantitative estimate of drug-likeness (QED) is 0.305. The standard InChI is InChI=1S/C29H33FN8O2/c30-25-19-22(40-18-15-37-13-16-39-17-14-37)5-6-23(25)26-27-24(7-8-33-26)28(31)36-29(35-27)34-20-1-3-21(4-2-20)38-11-9-32-10-12-38/h1-8,19,32H,9-18H2,(H3,31,34,35,36).